The Bertz CT molecular complexity index is 380. The zero-order valence-electron chi connectivity index (χ0n) is 7.83. The van der Waals surface area contributed by atoms with Gasteiger partial charge in [0, 0.05) is 7.11 Å². The molecule has 0 bridgehead atoms. The summed E-state index contributed by atoms with van der Waals surface area (Å²) in [7, 11) is 1.60. The van der Waals surface area contributed by atoms with Crippen LogP contribution in [0.1, 0.15) is 6.92 Å². The maximum absolute atomic E-state index is 11.6. The molecule has 1 rings (SSSR count). The van der Waals surface area contributed by atoms with E-state index >= 15 is 0 Å². The molecule has 4 nitrogen and oxygen atoms in total. The Morgan fingerprint density at radius 1 is 1.79 bits per heavy atom. The smallest absolute Gasteiger partial charge is 0.268 e. The minimum Gasteiger partial charge on any atom is -0.380 e. The number of nitrogens with zero attached hydrogens (tertiary/aromatic N) is 2. The highest BCUT2D eigenvalue weighted by Gasteiger charge is 2.08. The first kappa shape index (κ1) is 11.9. The molecule has 0 aliphatic carbocycles. The Balaban J connectivity index is 3.00. The van der Waals surface area contributed by atoms with Crippen LogP contribution < -0.4 is 5.56 Å². The molecule has 0 amide bonds. The third-order valence-electron chi connectivity index (χ3n) is 1.80. The molecular formula is C8H10ClIN2O2. The average Bonchev–Trinajstić information content (AvgIpc) is 2.19. The normalized spacial score (nSPS) is 12.9. The summed E-state index contributed by atoms with van der Waals surface area (Å²) in [6.45, 7) is 2.36. The van der Waals surface area contributed by atoms with E-state index in [0.29, 0.717) is 10.1 Å². The van der Waals surface area contributed by atoms with Crippen molar-refractivity contribution in [2.45, 2.75) is 19.6 Å². The van der Waals surface area contributed by atoms with Crippen molar-refractivity contribution in [3.63, 3.8) is 0 Å². The zero-order valence-corrected chi connectivity index (χ0v) is 10.7. The Morgan fingerprint density at radius 3 is 3.00 bits per heavy atom. The van der Waals surface area contributed by atoms with Crippen LogP contribution in [0.5, 0.6) is 0 Å². The van der Waals surface area contributed by atoms with E-state index in [2.05, 4.69) is 4.98 Å². The average molecular weight is 329 g/mol. The lowest BCUT2D eigenvalue weighted by Crippen LogP contribution is -2.28. The number of hydrogen-bond donors (Lipinski definition) is 0. The van der Waals surface area contributed by atoms with E-state index in [4.69, 9.17) is 16.3 Å². The molecule has 1 unspecified atom stereocenters. The molecule has 1 aromatic rings. The van der Waals surface area contributed by atoms with Crippen LogP contribution in [0.4, 0.5) is 0 Å². The summed E-state index contributed by atoms with van der Waals surface area (Å²) in [4.78, 5) is 15.5. The fourth-order valence-corrected chi connectivity index (χ4v) is 1.50. The molecule has 0 aliphatic rings. The number of hydrogen-bond acceptors (Lipinski definition) is 3. The van der Waals surface area contributed by atoms with Gasteiger partial charge in [-0.15, -0.1) is 0 Å². The van der Waals surface area contributed by atoms with E-state index in [1.807, 2.05) is 29.5 Å². The highest BCUT2D eigenvalue weighted by molar-refractivity contribution is 14.1. The summed E-state index contributed by atoms with van der Waals surface area (Å²) >= 11 is 7.58. The van der Waals surface area contributed by atoms with Gasteiger partial charge in [-0.05, 0) is 29.5 Å². The first-order chi connectivity index (χ1) is 6.56. The van der Waals surface area contributed by atoms with E-state index in [0.717, 1.165) is 0 Å². The van der Waals surface area contributed by atoms with Gasteiger partial charge in [0.25, 0.3) is 5.56 Å². The number of methoxy groups -OCH3 is 1. The van der Waals surface area contributed by atoms with Crippen molar-refractivity contribution >= 4 is 34.2 Å². The van der Waals surface area contributed by atoms with Crippen LogP contribution in [0.3, 0.4) is 0 Å². The van der Waals surface area contributed by atoms with Crippen LogP contribution in [0, 0.1) is 3.57 Å². The Kier molecular flexibility index (Phi) is 4.33. The van der Waals surface area contributed by atoms with Crippen LogP contribution in [-0.4, -0.2) is 22.8 Å². The molecule has 0 aromatic carbocycles. The van der Waals surface area contributed by atoms with Gasteiger partial charge in [0.1, 0.15) is 8.72 Å². The summed E-state index contributed by atoms with van der Waals surface area (Å²) in [5.41, 5.74) is -0.130. The van der Waals surface area contributed by atoms with Crippen molar-refractivity contribution in [1.29, 1.82) is 0 Å². The summed E-state index contributed by atoms with van der Waals surface area (Å²) in [6.07, 6.45) is 1.41. The number of ether oxygens (including phenoxy) is 1. The topological polar surface area (TPSA) is 44.1 Å². The maximum atomic E-state index is 11.6. The summed E-state index contributed by atoms with van der Waals surface area (Å²) in [6, 6.07) is 0. The van der Waals surface area contributed by atoms with Gasteiger partial charge < -0.3 is 4.74 Å². The second-order valence-corrected chi connectivity index (χ2v) is 4.29. The summed E-state index contributed by atoms with van der Waals surface area (Å²) in [5.74, 6) is 0. The number of aromatic nitrogens is 2. The van der Waals surface area contributed by atoms with Crippen LogP contribution in [0.25, 0.3) is 0 Å². The van der Waals surface area contributed by atoms with Crippen LogP contribution >= 0.6 is 34.2 Å². The largest absolute Gasteiger partial charge is 0.380 e. The quantitative estimate of drug-likeness (QED) is 0.624. The molecule has 78 valence electrons. The van der Waals surface area contributed by atoms with Crippen LogP contribution in [0.2, 0.25) is 5.15 Å². The molecule has 0 saturated carbocycles. The second-order valence-electron chi connectivity index (χ2n) is 2.85. The van der Waals surface area contributed by atoms with Crippen molar-refractivity contribution in [3.8, 4) is 0 Å². The molecule has 0 aliphatic heterocycles. The first-order valence-corrected chi connectivity index (χ1v) is 5.45. The standard InChI is InChI=1S/C8H10ClIN2O2/c1-5(14-2)3-12-4-11-7(9)6(10)8(12)13/h4-5H,3H2,1-2H3. The number of halogens is 2. The van der Waals surface area contributed by atoms with Crippen LogP contribution in [0.15, 0.2) is 11.1 Å². The van der Waals surface area contributed by atoms with Crippen molar-refractivity contribution in [1.82, 2.24) is 9.55 Å². The molecule has 0 spiro atoms. The van der Waals surface area contributed by atoms with Gasteiger partial charge in [0.05, 0.1) is 19.0 Å². The minimum absolute atomic E-state index is 0.0218. The number of rotatable bonds is 3. The SMILES string of the molecule is COC(C)Cn1cnc(Cl)c(I)c1=O. The van der Waals surface area contributed by atoms with E-state index in [1.165, 1.54) is 10.9 Å². The third kappa shape index (κ3) is 2.68. The molecule has 0 N–H and O–H groups in total. The van der Waals surface area contributed by atoms with E-state index in [9.17, 15) is 4.79 Å². The van der Waals surface area contributed by atoms with Gasteiger partial charge in [-0.3, -0.25) is 9.36 Å². The monoisotopic (exact) mass is 328 g/mol. The molecular weight excluding hydrogens is 318 g/mol. The van der Waals surface area contributed by atoms with Gasteiger partial charge in [0.15, 0.2) is 0 Å². The molecule has 6 heteroatoms. The zero-order chi connectivity index (χ0) is 10.7. The first-order valence-electron chi connectivity index (χ1n) is 3.99. The van der Waals surface area contributed by atoms with Gasteiger partial charge in [-0.1, -0.05) is 11.6 Å². The molecule has 14 heavy (non-hydrogen) atoms. The second kappa shape index (κ2) is 5.09. The Labute approximate surface area is 100 Å². The molecule has 1 atom stereocenters. The van der Waals surface area contributed by atoms with Gasteiger partial charge in [-0.2, -0.15) is 0 Å². The van der Waals surface area contributed by atoms with Crippen molar-refractivity contribution in [2.24, 2.45) is 0 Å². The molecule has 0 fully saturated rings. The lowest BCUT2D eigenvalue weighted by molar-refractivity contribution is 0.102. The van der Waals surface area contributed by atoms with E-state index in [-0.39, 0.29) is 16.8 Å². The van der Waals surface area contributed by atoms with E-state index < -0.39 is 0 Å². The van der Waals surface area contributed by atoms with Gasteiger partial charge in [-0.25, -0.2) is 4.98 Å². The highest BCUT2D eigenvalue weighted by atomic mass is 127. The lowest BCUT2D eigenvalue weighted by atomic mass is 10.4. The minimum atomic E-state index is -0.130. The summed E-state index contributed by atoms with van der Waals surface area (Å²) in [5, 5.41) is 0.247. The van der Waals surface area contributed by atoms with Crippen LogP contribution in [-0.2, 0) is 11.3 Å². The predicted octanol–water partition coefficient (Wildman–Crippen LogP) is 1.54. The lowest BCUT2D eigenvalue weighted by Gasteiger charge is -2.11. The fourth-order valence-electron chi connectivity index (χ4n) is 0.925. The molecule has 0 radical (unpaired) electrons. The molecule has 1 heterocycles. The molecule has 1 aromatic heterocycles. The summed E-state index contributed by atoms with van der Waals surface area (Å²) < 4.78 is 6.98. The van der Waals surface area contributed by atoms with Gasteiger partial charge in [0.2, 0.25) is 0 Å². The third-order valence-corrected chi connectivity index (χ3v) is 3.37. The Hall–Kier alpha value is -0.140. The predicted molar refractivity (Wildman–Crippen MR) is 62.7 cm³/mol. The van der Waals surface area contributed by atoms with Crippen molar-refractivity contribution in [2.75, 3.05) is 7.11 Å². The maximum Gasteiger partial charge on any atom is 0.268 e. The van der Waals surface area contributed by atoms with Gasteiger partial charge >= 0.3 is 0 Å². The highest BCUT2D eigenvalue weighted by Crippen LogP contribution is 2.09. The van der Waals surface area contributed by atoms with Crippen molar-refractivity contribution in [3.05, 3.63) is 25.4 Å². The molecule has 0 saturated heterocycles. The van der Waals surface area contributed by atoms with Crippen molar-refractivity contribution < 1.29 is 4.74 Å². The Morgan fingerprint density at radius 2 is 2.43 bits per heavy atom. The van der Waals surface area contributed by atoms with E-state index in [1.54, 1.807) is 7.11 Å². The fraction of sp³-hybridized carbons (Fsp3) is 0.500.